The maximum Gasteiger partial charge on any atom is 0.247 e. The van der Waals surface area contributed by atoms with Crippen LogP contribution in [0.25, 0.3) is 6.08 Å². The van der Waals surface area contributed by atoms with E-state index in [1.807, 2.05) is 59.6 Å². The second-order valence-electron chi connectivity index (χ2n) is 7.46. The van der Waals surface area contributed by atoms with Crippen molar-refractivity contribution < 1.29 is 14.3 Å². The van der Waals surface area contributed by atoms with Crippen LogP contribution in [0.4, 0.5) is 0 Å². The number of hydrogen-bond acceptors (Lipinski definition) is 5. The number of amides is 1. The fourth-order valence-corrected chi connectivity index (χ4v) is 3.94. The van der Waals surface area contributed by atoms with E-state index in [9.17, 15) is 4.79 Å². The van der Waals surface area contributed by atoms with Crippen molar-refractivity contribution in [3.63, 3.8) is 0 Å². The Morgan fingerprint density at radius 3 is 2.77 bits per heavy atom. The molecule has 1 aromatic heterocycles. The minimum atomic E-state index is -0.0509. The maximum absolute atomic E-state index is 13.0. The van der Waals surface area contributed by atoms with E-state index in [4.69, 9.17) is 9.47 Å². The minimum absolute atomic E-state index is 0.0454. The molecular weight excluding hydrogens is 392 g/mol. The van der Waals surface area contributed by atoms with Crippen molar-refractivity contribution >= 4 is 12.0 Å². The number of carbonyl (C=O) groups excluding carboxylic acids is 1. The third-order valence-electron chi connectivity index (χ3n) is 5.47. The van der Waals surface area contributed by atoms with Crippen LogP contribution in [0, 0.1) is 0 Å². The third kappa shape index (κ3) is 4.77. The highest BCUT2D eigenvalue weighted by Gasteiger charge is 2.31. The Balaban J connectivity index is 1.46. The predicted molar refractivity (Wildman–Crippen MR) is 118 cm³/mol. The molecule has 1 saturated heterocycles. The van der Waals surface area contributed by atoms with Gasteiger partial charge in [0.05, 0.1) is 33.0 Å². The highest BCUT2D eigenvalue weighted by atomic mass is 16.5. The summed E-state index contributed by atoms with van der Waals surface area (Å²) in [6.07, 6.45) is 6.95. The molecule has 0 bridgehead atoms. The molecular formula is C24H26N4O3. The van der Waals surface area contributed by atoms with Gasteiger partial charge in [0.15, 0.2) is 0 Å². The molecule has 4 rings (SSSR count). The average Bonchev–Trinajstić information content (AvgIpc) is 3.47. The van der Waals surface area contributed by atoms with Gasteiger partial charge in [-0.05, 0) is 42.7 Å². The molecule has 160 valence electrons. The highest BCUT2D eigenvalue weighted by Crippen LogP contribution is 2.39. The molecule has 7 nitrogen and oxygen atoms in total. The Kier molecular flexibility index (Phi) is 6.31. The normalized spacial score (nSPS) is 16.1. The molecule has 1 aliphatic rings. The van der Waals surface area contributed by atoms with Gasteiger partial charge in [-0.1, -0.05) is 35.5 Å². The quantitative estimate of drug-likeness (QED) is 0.547. The number of hydrogen-bond donors (Lipinski definition) is 0. The molecule has 0 aliphatic carbocycles. The number of ether oxygens (including phenoxy) is 2. The fraction of sp³-hybridized carbons (Fsp3) is 0.292. The fourth-order valence-electron chi connectivity index (χ4n) is 3.94. The number of nitrogens with zero attached hydrogens (tertiary/aromatic N) is 4. The lowest BCUT2D eigenvalue weighted by atomic mass is 10.0. The second-order valence-corrected chi connectivity index (χ2v) is 7.46. The molecule has 2 aromatic carbocycles. The van der Waals surface area contributed by atoms with Crippen LogP contribution in [0.5, 0.6) is 11.5 Å². The van der Waals surface area contributed by atoms with Crippen LogP contribution in [0.3, 0.4) is 0 Å². The van der Waals surface area contributed by atoms with Gasteiger partial charge in [0.2, 0.25) is 5.91 Å². The van der Waals surface area contributed by atoms with Crippen molar-refractivity contribution in [2.24, 2.45) is 0 Å². The summed E-state index contributed by atoms with van der Waals surface area (Å²) in [6, 6.07) is 15.7. The summed E-state index contributed by atoms with van der Waals surface area (Å²) in [7, 11) is 3.28. The molecule has 0 radical (unpaired) electrons. The van der Waals surface area contributed by atoms with Crippen LogP contribution in [-0.2, 0) is 11.3 Å². The van der Waals surface area contributed by atoms with Crippen LogP contribution in [0.1, 0.15) is 35.7 Å². The third-order valence-corrected chi connectivity index (χ3v) is 5.47. The van der Waals surface area contributed by atoms with Gasteiger partial charge in [0.1, 0.15) is 17.2 Å². The zero-order valence-electron chi connectivity index (χ0n) is 17.8. The van der Waals surface area contributed by atoms with E-state index in [0.29, 0.717) is 18.8 Å². The summed E-state index contributed by atoms with van der Waals surface area (Å²) in [6.45, 7) is 1.34. The van der Waals surface area contributed by atoms with E-state index < -0.39 is 0 Å². The van der Waals surface area contributed by atoms with Gasteiger partial charge >= 0.3 is 0 Å². The van der Waals surface area contributed by atoms with Gasteiger partial charge in [-0.15, -0.1) is 5.10 Å². The first-order valence-corrected chi connectivity index (χ1v) is 10.3. The van der Waals surface area contributed by atoms with Gasteiger partial charge in [-0.25, -0.2) is 4.68 Å². The summed E-state index contributed by atoms with van der Waals surface area (Å²) in [5.41, 5.74) is 2.76. The summed E-state index contributed by atoms with van der Waals surface area (Å²) < 4.78 is 12.7. The highest BCUT2D eigenvalue weighted by molar-refractivity contribution is 5.92. The van der Waals surface area contributed by atoms with E-state index in [1.165, 1.54) is 0 Å². The predicted octanol–water partition coefficient (Wildman–Crippen LogP) is 3.72. The Hall–Kier alpha value is -3.61. The van der Waals surface area contributed by atoms with Crippen LogP contribution in [-0.4, -0.2) is 46.6 Å². The number of aromatic nitrogens is 3. The van der Waals surface area contributed by atoms with E-state index in [1.54, 1.807) is 31.1 Å². The van der Waals surface area contributed by atoms with E-state index in [2.05, 4.69) is 10.3 Å². The lowest BCUT2D eigenvalue weighted by Crippen LogP contribution is -2.29. The first kappa shape index (κ1) is 20.7. The molecule has 31 heavy (non-hydrogen) atoms. The number of benzene rings is 2. The largest absolute Gasteiger partial charge is 0.497 e. The molecule has 1 amide bonds. The van der Waals surface area contributed by atoms with Crippen molar-refractivity contribution in [2.75, 3.05) is 20.8 Å². The van der Waals surface area contributed by atoms with Crippen LogP contribution < -0.4 is 9.47 Å². The number of methoxy groups -OCH3 is 2. The molecule has 1 atom stereocenters. The molecule has 1 aliphatic heterocycles. The second kappa shape index (κ2) is 9.47. The van der Waals surface area contributed by atoms with Crippen molar-refractivity contribution in [1.82, 2.24) is 19.9 Å². The van der Waals surface area contributed by atoms with Crippen LogP contribution >= 0.6 is 0 Å². The van der Waals surface area contributed by atoms with Crippen molar-refractivity contribution in [3.05, 3.63) is 77.6 Å². The number of carbonyl (C=O) groups is 1. The Morgan fingerprint density at radius 2 is 2.00 bits per heavy atom. The van der Waals surface area contributed by atoms with Crippen molar-refractivity contribution in [1.29, 1.82) is 0 Å². The SMILES string of the molecule is COc1ccc(OC)c([C@H]2CCCN2C(=O)/C=C/c2cn(Cc3ccccc3)nn2)c1. The molecule has 0 spiro atoms. The molecule has 7 heteroatoms. The smallest absolute Gasteiger partial charge is 0.247 e. The zero-order chi connectivity index (χ0) is 21.6. The lowest BCUT2D eigenvalue weighted by Gasteiger charge is -2.25. The van der Waals surface area contributed by atoms with Crippen molar-refractivity contribution in [3.8, 4) is 11.5 Å². The van der Waals surface area contributed by atoms with Gasteiger partial charge in [0.25, 0.3) is 0 Å². The Labute approximate surface area is 181 Å². The molecule has 1 fully saturated rings. The molecule has 0 saturated carbocycles. The van der Waals surface area contributed by atoms with Gasteiger partial charge in [-0.2, -0.15) is 0 Å². The summed E-state index contributed by atoms with van der Waals surface area (Å²) in [5, 5.41) is 8.31. The van der Waals surface area contributed by atoms with Crippen LogP contribution in [0.2, 0.25) is 0 Å². The van der Waals surface area contributed by atoms with Gasteiger partial charge in [-0.3, -0.25) is 4.79 Å². The standard InChI is InChI=1S/C24H26N4O3/c1-30-20-11-12-23(31-2)21(15-20)22-9-6-14-28(22)24(29)13-10-19-17-27(26-25-19)16-18-7-4-3-5-8-18/h3-5,7-8,10-13,15,17,22H,6,9,14,16H2,1-2H3/b13-10+/t22-/m1/s1. The monoisotopic (exact) mass is 418 g/mol. The Bertz CT molecular complexity index is 1060. The number of likely N-dealkylation sites (tertiary alicyclic amines) is 1. The Morgan fingerprint density at radius 1 is 1.16 bits per heavy atom. The first-order chi connectivity index (χ1) is 15.2. The zero-order valence-corrected chi connectivity index (χ0v) is 17.8. The molecule has 2 heterocycles. The van der Waals surface area contributed by atoms with E-state index in [0.717, 1.165) is 35.5 Å². The molecule has 0 unspecified atom stereocenters. The molecule has 0 N–H and O–H groups in total. The summed E-state index contributed by atoms with van der Waals surface area (Å²) >= 11 is 0. The minimum Gasteiger partial charge on any atom is -0.497 e. The van der Waals surface area contributed by atoms with Gasteiger partial charge in [0, 0.05) is 18.2 Å². The molecule has 3 aromatic rings. The van der Waals surface area contributed by atoms with E-state index in [-0.39, 0.29) is 11.9 Å². The van der Waals surface area contributed by atoms with Crippen molar-refractivity contribution in [2.45, 2.75) is 25.4 Å². The average molecular weight is 418 g/mol. The topological polar surface area (TPSA) is 69.5 Å². The van der Waals surface area contributed by atoms with E-state index >= 15 is 0 Å². The number of rotatable bonds is 7. The summed E-state index contributed by atoms with van der Waals surface area (Å²) in [5.74, 6) is 1.46. The maximum atomic E-state index is 13.0. The summed E-state index contributed by atoms with van der Waals surface area (Å²) in [4.78, 5) is 14.8. The lowest BCUT2D eigenvalue weighted by molar-refractivity contribution is -0.126. The van der Waals surface area contributed by atoms with Gasteiger partial charge < -0.3 is 14.4 Å². The first-order valence-electron chi connectivity index (χ1n) is 10.3. The van der Waals surface area contributed by atoms with Crippen LogP contribution in [0.15, 0.2) is 60.8 Å².